The van der Waals surface area contributed by atoms with Gasteiger partial charge in [-0.05, 0) is 19.3 Å². The second kappa shape index (κ2) is 27.6. The van der Waals surface area contributed by atoms with E-state index in [1.165, 1.54) is 77.0 Å². The molecule has 0 aromatic carbocycles. The van der Waals surface area contributed by atoms with E-state index >= 15 is 0 Å². The molecule has 0 aromatic rings. The Morgan fingerprint density at radius 2 is 1.17 bits per heavy atom. The van der Waals surface area contributed by atoms with E-state index in [-0.39, 0.29) is 6.54 Å². The summed E-state index contributed by atoms with van der Waals surface area (Å²) >= 11 is 0. The molecule has 246 valence electrons. The van der Waals surface area contributed by atoms with Crippen molar-refractivity contribution in [2.24, 2.45) is 5.73 Å². The van der Waals surface area contributed by atoms with Crippen molar-refractivity contribution in [3.63, 3.8) is 0 Å². The van der Waals surface area contributed by atoms with Gasteiger partial charge in [0.25, 0.3) is 0 Å². The number of hydrogen-bond donors (Lipinski definition) is 5. The van der Waals surface area contributed by atoms with Crippen LogP contribution in [0, 0.1) is 0 Å². The van der Waals surface area contributed by atoms with Gasteiger partial charge in [0.2, 0.25) is 17.7 Å². The highest BCUT2D eigenvalue weighted by Gasteiger charge is 2.27. The summed E-state index contributed by atoms with van der Waals surface area (Å²) in [4.78, 5) is 50.0. The molecule has 0 aliphatic rings. The smallest absolute Gasteiger partial charge is 0.305 e. The molecule has 0 saturated carbocycles. The fourth-order valence-corrected chi connectivity index (χ4v) is 5.00. The third-order valence-electron chi connectivity index (χ3n) is 7.59. The number of carboxylic acid groups (broad SMARTS) is 1. The lowest BCUT2D eigenvalue weighted by molar-refractivity contribution is -0.146. The van der Waals surface area contributed by atoms with Crippen molar-refractivity contribution in [3.05, 3.63) is 0 Å². The molecular formula is C32H62N4O6. The molecule has 0 spiro atoms. The maximum atomic E-state index is 12.7. The summed E-state index contributed by atoms with van der Waals surface area (Å²) in [7, 11) is 0. The van der Waals surface area contributed by atoms with Crippen molar-refractivity contribution >= 4 is 23.7 Å². The Bertz CT molecular complexity index is 721. The number of aliphatic hydroxyl groups is 1. The minimum Gasteiger partial charge on any atom is -0.481 e. The molecular weight excluding hydrogens is 536 g/mol. The van der Waals surface area contributed by atoms with Crippen LogP contribution in [-0.2, 0) is 19.2 Å². The molecule has 6 N–H and O–H groups in total. The van der Waals surface area contributed by atoms with Crippen LogP contribution in [0.15, 0.2) is 0 Å². The minimum absolute atomic E-state index is 0.310. The Hall–Kier alpha value is -2.20. The number of amides is 3. The average Bonchev–Trinajstić information content (AvgIpc) is 2.96. The molecule has 0 heterocycles. The van der Waals surface area contributed by atoms with Gasteiger partial charge in [0.15, 0.2) is 0 Å². The normalized spacial score (nSPS) is 12.5. The zero-order valence-corrected chi connectivity index (χ0v) is 26.7. The molecule has 3 amide bonds. The van der Waals surface area contributed by atoms with E-state index in [9.17, 15) is 29.4 Å². The fraction of sp³-hybridized carbons (Fsp3) is 0.875. The molecule has 0 rings (SSSR count). The number of nitrogens with two attached hydrogens (primary N) is 1. The lowest BCUT2D eigenvalue weighted by Crippen LogP contribution is -2.53. The Balaban J connectivity index is 4.46. The van der Waals surface area contributed by atoms with Crippen LogP contribution in [0.25, 0.3) is 0 Å². The standard InChI is InChI=1S/C32H62N4O6/c1-3-5-7-9-11-12-13-14-15-17-19-21-23-34-32(42)27(24-31(40)41)35-28(37)26-36(30(39)25-33)29(38)22-20-18-16-10-8-6-4-2/h27,29,38H,3-26,33H2,1-2H3,(H,34,42)(H,35,37)(H,40,41)/t27?,29-/m0/s1. The van der Waals surface area contributed by atoms with Crippen LogP contribution in [0.2, 0.25) is 0 Å². The van der Waals surface area contributed by atoms with Gasteiger partial charge >= 0.3 is 5.97 Å². The number of nitrogens with one attached hydrogen (secondary N) is 2. The molecule has 0 radical (unpaired) electrons. The number of carbonyl (C=O) groups excluding carboxylic acids is 3. The number of rotatable bonds is 29. The number of carbonyl (C=O) groups is 4. The van der Waals surface area contributed by atoms with Gasteiger partial charge in [0.1, 0.15) is 18.8 Å². The largest absolute Gasteiger partial charge is 0.481 e. The van der Waals surface area contributed by atoms with Crippen LogP contribution in [0.4, 0.5) is 0 Å². The van der Waals surface area contributed by atoms with Crippen molar-refractivity contribution in [2.45, 2.75) is 161 Å². The predicted molar refractivity (Wildman–Crippen MR) is 168 cm³/mol. The lowest BCUT2D eigenvalue weighted by Gasteiger charge is -2.28. The Labute approximate surface area is 254 Å². The van der Waals surface area contributed by atoms with E-state index in [1.807, 2.05) is 0 Å². The maximum Gasteiger partial charge on any atom is 0.305 e. The number of hydrogen-bond acceptors (Lipinski definition) is 6. The molecule has 0 aliphatic carbocycles. The summed E-state index contributed by atoms with van der Waals surface area (Å²) in [6.45, 7) is 3.91. The van der Waals surface area contributed by atoms with Crippen molar-refractivity contribution in [3.8, 4) is 0 Å². The van der Waals surface area contributed by atoms with Gasteiger partial charge in [0, 0.05) is 6.54 Å². The SMILES string of the molecule is CCCCCCCCCCCCCCNC(=O)C(CC(=O)O)NC(=O)CN(C(=O)CN)[C@@H](O)CCCCCCCCC. The molecule has 0 fully saturated rings. The molecule has 0 aliphatic heterocycles. The monoisotopic (exact) mass is 598 g/mol. The van der Waals surface area contributed by atoms with Gasteiger partial charge in [-0.15, -0.1) is 0 Å². The van der Waals surface area contributed by atoms with Crippen LogP contribution < -0.4 is 16.4 Å². The average molecular weight is 599 g/mol. The summed E-state index contributed by atoms with van der Waals surface area (Å²) in [5.41, 5.74) is 5.49. The van der Waals surface area contributed by atoms with Crippen LogP contribution in [0.3, 0.4) is 0 Å². The number of nitrogens with zero attached hydrogens (tertiary/aromatic N) is 1. The highest BCUT2D eigenvalue weighted by atomic mass is 16.4. The van der Waals surface area contributed by atoms with Gasteiger partial charge in [0.05, 0.1) is 13.0 Å². The summed E-state index contributed by atoms with van der Waals surface area (Å²) in [6.07, 6.45) is 20.3. The first kappa shape index (κ1) is 39.8. The molecule has 0 aromatic heterocycles. The van der Waals surface area contributed by atoms with E-state index in [1.54, 1.807) is 0 Å². The second-order valence-corrected chi connectivity index (χ2v) is 11.5. The fourth-order valence-electron chi connectivity index (χ4n) is 5.00. The first-order valence-corrected chi connectivity index (χ1v) is 16.7. The first-order valence-electron chi connectivity index (χ1n) is 16.7. The van der Waals surface area contributed by atoms with E-state index in [0.29, 0.717) is 19.4 Å². The van der Waals surface area contributed by atoms with E-state index < -0.39 is 48.9 Å². The van der Waals surface area contributed by atoms with Gasteiger partial charge in [-0.1, -0.05) is 123 Å². The summed E-state index contributed by atoms with van der Waals surface area (Å²) in [5.74, 6) is -3.11. The van der Waals surface area contributed by atoms with Crippen LogP contribution in [-0.4, -0.2) is 70.7 Å². The molecule has 10 heteroatoms. The van der Waals surface area contributed by atoms with Crippen molar-refractivity contribution in [1.82, 2.24) is 15.5 Å². The number of aliphatic carboxylic acids is 1. The first-order chi connectivity index (χ1) is 20.3. The van der Waals surface area contributed by atoms with Crippen molar-refractivity contribution in [1.29, 1.82) is 0 Å². The summed E-state index contributed by atoms with van der Waals surface area (Å²) in [5, 5.41) is 25.0. The zero-order chi connectivity index (χ0) is 31.4. The van der Waals surface area contributed by atoms with Gasteiger partial charge in [-0.3, -0.25) is 19.2 Å². The van der Waals surface area contributed by atoms with Crippen molar-refractivity contribution < 1.29 is 29.4 Å². The molecule has 0 saturated heterocycles. The van der Waals surface area contributed by atoms with Crippen LogP contribution in [0.1, 0.15) is 149 Å². The highest BCUT2D eigenvalue weighted by Crippen LogP contribution is 2.13. The van der Waals surface area contributed by atoms with Crippen LogP contribution >= 0.6 is 0 Å². The van der Waals surface area contributed by atoms with Crippen LogP contribution in [0.5, 0.6) is 0 Å². The highest BCUT2D eigenvalue weighted by molar-refractivity contribution is 5.92. The van der Waals surface area contributed by atoms with Gasteiger partial charge in [-0.25, -0.2) is 0 Å². The van der Waals surface area contributed by atoms with E-state index in [4.69, 9.17) is 5.73 Å². The molecule has 2 atom stereocenters. The third kappa shape index (κ3) is 22.4. The number of aliphatic hydroxyl groups excluding tert-OH is 1. The van der Waals surface area contributed by atoms with Gasteiger partial charge in [-0.2, -0.15) is 0 Å². The predicted octanol–water partition coefficient (Wildman–Crippen LogP) is 5.01. The second-order valence-electron chi connectivity index (χ2n) is 11.5. The molecule has 42 heavy (non-hydrogen) atoms. The summed E-state index contributed by atoms with van der Waals surface area (Å²) in [6, 6.07) is -1.28. The Morgan fingerprint density at radius 3 is 1.62 bits per heavy atom. The quantitative estimate of drug-likeness (QED) is 0.0597. The minimum atomic E-state index is -1.28. The van der Waals surface area contributed by atoms with E-state index in [0.717, 1.165) is 43.4 Å². The topological polar surface area (TPSA) is 162 Å². The molecule has 10 nitrogen and oxygen atoms in total. The Kier molecular flexibility index (Phi) is 26.2. The summed E-state index contributed by atoms with van der Waals surface area (Å²) < 4.78 is 0. The Morgan fingerprint density at radius 1 is 0.714 bits per heavy atom. The number of unbranched alkanes of at least 4 members (excludes halogenated alkanes) is 17. The molecule has 1 unspecified atom stereocenters. The van der Waals surface area contributed by atoms with Crippen molar-refractivity contribution in [2.75, 3.05) is 19.6 Å². The maximum absolute atomic E-state index is 12.7. The van der Waals surface area contributed by atoms with Gasteiger partial charge < -0.3 is 31.5 Å². The zero-order valence-electron chi connectivity index (χ0n) is 26.7. The lowest BCUT2D eigenvalue weighted by atomic mass is 10.1. The van der Waals surface area contributed by atoms with E-state index in [2.05, 4.69) is 24.5 Å². The number of carboxylic acids is 1. The third-order valence-corrected chi connectivity index (χ3v) is 7.59. The molecule has 0 bridgehead atoms.